The molecule has 2 saturated carbocycles. The van der Waals surface area contributed by atoms with Crippen LogP contribution >= 0.6 is 11.3 Å². The fourth-order valence-corrected chi connectivity index (χ4v) is 4.43. The average Bonchev–Trinajstić information content (AvgIpc) is 3.27. The maximum Gasteiger partial charge on any atom is 0.315 e. The van der Waals surface area contributed by atoms with Crippen LogP contribution in [-0.2, 0) is 0 Å². The van der Waals surface area contributed by atoms with Crippen molar-refractivity contribution in [2.24, 2.45) is 11.8 Å². The molecule has 0 spiro atoms. The van der Waals surface area contributed by atoms with Crippen LogP contribution in [0.1, 0.15) is 62.9 Å². The number of nitrogens with one attached hydrogen (secondary N) is 2. The van der Waals surface area contributed by atoms with E-state index in [-0.39, 0.29) is 18.7 Å². The molecule has 2 amide bonds. The quantitative estimate of drug-likeness (QED) is 0.746. The predicted octanol–water partition coefficient (Wildman–Crippen LogP) is 3.22. The van der Waals surface area contributed by atoms with Gasteiger partial charge in [-0.25, -0.2) is 9.78 Å². The van der Waals surface area contributed by atoms with Gasteiger partial charge in [0.2, 0.25) is 0 Å². The number of urea groups is 1. The van der Waals surface area contributed by atoms with Gasteiger partial charge in [-0.1, -0.05) is 19.3 Å². The fourth-order valence-electron chi connectivity index (χ4n) is 3.65. The third-order valence-corrected chi connectivity index (χ3v) is 6.19. The number of thiazole rings is 1. The average molecular weight is 337 g/mol. The largest absolute Gasteiger partial charge is 0.394 e. The highest BCUT2D eigenvalue weighted by Crippen LogP contribution is 2.41. The summed E-state index contributed by atoms with van der Waals surface area (Å²) < 4.78 is 0. The van der Waals surface area contributed by atoms with Crippen LogP contribution in [-0.4, -0.2) is 28.3 Å². The van der Waals surface area contributed by atoms with Crippen LogP contribution in [0, 0.1) is 11.8 Å². The summed E-state index contributed by atoms with van der Waals surface area (Å²) in [4.78, 5) is 16.9. The minimum atomic E-state index is -0.540. The van der Waals surface area contributed by atoms with Gasteiger partial charge in [-0.2, -0.15) is 0 Å². The van der Waals surface area contributed by atoms with Gasteiger partial charge < -0.3 is 15.7 Å². The molecule has 1 aromatic heterocycles. The Morgan fingerprint density at radius 3 is 2.70 bits per heavy atom. The van der Waals surface area contributed by atoms with Crippen LogP contribution in [0.4, 0.5) is 4.79 Å². The zero-order chi connectivity index (χ0) is 16.3. The first kappa shape index (κ1) is 16.7. The Hall–Kier alpha value is -1.14. The lowest BCUT2D eigenvalue weighted by Crippen LogP contribution is -2.57. The number of carbonyl (C=O) groups is 1. The van der Waals surface area contributed by atoms with Gasteiger partial charge >= 0.3 is 6.03 Å². The smallest absolute Gasteiger partial charge is 0.315 e. The Morgan fingerprint density at radius 1 is 1.39 bits per heavy atom. The molecule has 2 fully saturated rings. The van der Waals surface area contributed by atoms with Crippen LogP contribution in [0.3, 0.4) is 0 Å². The highest BCUT2D eigenvalue weighted by molar-refractivity contribution is 7.09. The summed E-state index contributed by atoms with van der Waals surface area (Å²) in [5.74, 6) is 0.855. The first-order valence-corrected chi connectivity index (χ1v) is 9.59. The van der Waals surface area contributed by atoms with E-state index < -0.39 is 5.54 Å². The molecule has 2 aliphatic carbocycles. The van der Waals surface area contributed by atoms with Crippen molar-refractivity contribution >= 4 is 17.4 Å². The lowest BCUT2D eigenvalue weighted by atomic mass is 9.76. The third kappa shape index (κ3) is 4.04. The van der Waals surface area contributed by atoms with Gasteiger partial charge in [0.15, 0.2) is 0 Å². The van der Waals surface area contributed by atoms with E-state index in [1.165, 1.54) is 19.3 Å². The van der Waals surface area contributed by atoms with E-state index in [2.05, 4.69) is 15.6 Å². The Morgan fingerprint density at radius 2 is 2.13 bits per heavy atom. The second-order valence-corrected chi connectivity index (χ2v) is 8.12. The van der Waals surface area contributed by atoms with Gasteiger partial charge in [-0.05, 0) is 44.4 Å². The number of amides is 2. The molecule has 0 aliphatic heterocycles. The van der Waals surface area contributed by atoms with Gasteiger partial charge in [0.1, 0.15) is 5.01 Å². The van der Waals surface area contributed by atoms with Crippen LogP contribution in [0.25, 0.3) is 0 Å². The van der Waals surface area contributed by atoms with Crippen LogP contribution < -0.4 is 10.6 Å². The number of aromatic nitrogens is 1. The number of hydrogen-bond acceptors (Lipinski definition) is 4. The summed E-state index contributed by atoms with van der Waals surface area (Å²) >= 11 is 1.59. The van der Waals surface area contributed by atoms with Crippen LogP contribution in [0.5, 0.6) is 0 Å². The summed E-state index contributed by atoms with van der Waals surface area (Å²) in [6.45, 7) is 1.95. The fraction of sp³-hybridized carbons (Fsp3) is 0.765. The van der Waals surface area contributed by atoms with E-state index in [4.69, 9.17) is 0 Å². The molecule has 0 saturated heterocycles. The summed E-state index contributed by atoms with van der Waals surface area (Å²) in [5, 5.41) is 19.0. The van der Waals surface area contributed by atoms with E-state index in [9.17, 15) is 9.90 Å². The molecule has 3 N–H and O–H groups in total. The molecule has 3 rings (SSSR count). The molecular formula is C17H27N3O2S. The van der Waals surface area contributed by atoms with Gasteiger partial charge in [-0.3, -0.25) is 0 Å². The summed E-state index contributed by atoms with van der Waals surface area (Å²) in [5.41, 5.74) is -0.540. The van der Waals surface area contributed by atoms with E-state index in [0.717, 1.165) is 30.7 Å². The number of nitrogens with zero attached hydrogens (tertiary/aromatic N) is 1. The monoisotopic (exact) mass is 337 g/mol. The molecule has 5 nitrogen and oxygen atoms in total. The maximum absolute atomic E-state index is 12.5. The number of hydrogen-bond donors (Lipinski definition) is 3. The zero-order valence-corrected chi connectivity index (χ0v) is 14.6. The van der Waals surface area contributed by atoms with Gasteiger partial charge in [0.25, 0.3) is 0 Å². The number of aliphatic hydroxyl groups excluding tert-OH is 1. The van der Waals surface area contributed by atoms with E-state index in [1.807, 2.05) is 12.3 Å². The van der Waals surface area contributed by atoms with Crippen molar-refractivity contribution in [3.63, 3.8) is 0 Å². The van der Waals surface area contributed by atoms with Crippen molar-refractivity contribution in [1.29, 1.82) is 0 Å². The molecule has 23 heavy (non-hydrogen) atoms. The highest BCUT2D eigenvalue weighted by Gasteiger charge is 2.39. The normalized spacial score (nSPS) is 23.0. The third-order valence-electron chi connectivity index (χ3n) is 5.33. The first-order chi connectivity index (χ1) is 11.1. The van der Waals surface area contributed by atoms with Crippen molar-refractivity contribution in [3.8, 4) is 0 Å². The van der Waals surface area contributed by atoms with Crippen molar-refractivity contribution in [2.75, 3.05) is 6.61 Å². The van der Waals surface area contributed by atoms with E-state index in [1.54, 1.807) is 17.5 Å². The number of aliphatic hydroxyl groups is 1. The SMILES string of the molecule is C[C@@](CO)(NC(=O)N[C@@H](c1nccs1)C1CC1)C1CCCCC1. The van der Waals surface area contributed by atoms with Crippen molar-refractivity contribution < 1.29 is 9.90 Å². The predicted molar refractivity (Wildman–Crippen MR) is 91.3 cm³/mol. The van der Waals surface area contributed by atoms with Crippen LogP contribution in [0.15, 0.2) is 11.6 Å². The van der Waals surface area contributed by atoms with Crippen molar-refractivity contribution in [3.05, 3.63) is 16.6 Å². The lowest BCUT2D eigenvalue weighted by molar-refractivity contribution is 0.100. The zero-order valence-electron chi connectivity index (χ0n) is 13.8. The molecule has 0 radical (unpaired) electrons. The van der Waals surface area contributed by atoms with Crippen molar-refractivity contribution in [1.82, 2.24) is 15.6 Å². The molecule has 2 aliphatic rings. The molecule has 6 heteroatoms. The number of carbonyl (C=O) groups excluding carboxylic acids is 1. The molecule has 1 heterocycles. The van der Waals surface area contributed by atoms with Gasteiger partial charge in [-0.15, -0.1) is 11.3 Å². The van der Waals surface area contributed by atoms with E-state index >= 15 is 0 Å². The number of rotatable bonds is 6. The minimum Gasteiger partial charge on any atom is -0.394 e. The second-order valence-electron chi connectivity index (χ2n) is 7.19. The summed E-state index contributed by atoms with van der Waals surface area (Å²) in [6, 6.07) is -0.177. The Kier molecular flexibility index (Phi) is 5.21. The minimum absolute atomic E-state index is 0.00398. The standard InChI is InChI=1S/C17H27N3O2S/c1-17(11-21,13-5-3-2-4-6-13)20-16(22)19-14(12-7-8-12)15-18-9-10-23-15/h9-10,12-14,21H,2-8,11H2,1H3,(H2,19,20,22)/t14-,17+/m1/s1. The molecule has 1 aromatic rings. The molecule has 0 bridgehead atoms. The topological polar surface area (TPSA) is 74.2 Å². The second kappa shape index (κ2) is 7.18. The molecule has 128 valence electrons. The molecule has 2 atom stereocenters. The van der Waals surface area contributed by atoms with E-state index in [0.29, 0.717) is 11.8 Å². The van der Waals surface area contributed by atoms with Crippen molar-refractivity contribution in [2.45, 2.75) is 63.5 Å². The van der Waals surface area contributed by atoms with Gasteiger partial charge in [0.05, 0.1) is 18.2 Å². The molecule has 0 unspecified atom stereocenters. The highest BCUT2D eigenvalue weighted by atomic mass is 32.1. The molecular weight excluding hydrogens is 310 g/mol. The Bertz CT molecular complexity index is 512. The first-order valence-electron chi connectivity index (χ1n) is 8.71. The summed E-state index contributed by atoms with van der Waals surface area (Å²) in [7, 11) is 0. The summed E-state index contributed by atoms with van der Waals surface area (Å²) in [6.07, 6.45) is 9.87. The molecule has 0 aromatic carbocycles. The maximum atomic E-state index is 12.5. The van der Waals surface area contributed by atoms with Crippen LogP contribution in [0.2, 0.25) is 0 Å². The Labute approximate surface area is 141 Å². The lowest BCUT2D eigenvalue weighted by Gasteiger charge is -2.39. The van der Waals surface area contributed by atoms with Gasteiger partial charge in [0, 0.05) is 11.6 Å². The Balaban J connectivity index is 1.62.